The minimum Gasteiger partial charge on any atom is -0.382 e. The Labute approximate surface area is 127 Å². The van der Waals surface area contributed by atoms with Crippen molar-refractivity contribution in [3.63, 3.8) is 0 Å². The van der Waals surface area contributed by atoms with Gasteiger partial charge in [-0.05, 0) is 24.3 Å². The molecular formula is C16H11ClN4. The predicted octanol–water partition coefficient (Wildman–Crippen LogP) is 3.65. The van der Waals surface area contributed by atoms with Crippen molar-refractivity contribution in [1.29, 1.82) is 5.26 Å². The Morgan fingerprint density at radius 3 is 2.33 bits per heavy atom. The van der Waals surface area contributed by atoms with Crippen molar-refractivity contribution in [2.24, 2.45) is 0 Å². The molecule has 4 nitrogen and oxygen atoms in total. The third-order valence-corrected chi connectivity index (χ3v) is 3.40. The number of rotatable bonds is 2. The van der Waals surface area contributed by atoms with E-state index >= 15 is 0 Å². The van der Waals surface area contributed by atoms with E-state index in [1.807, 2.05) is 42.5 Å². The quantitative estimate of drug-likeness (QED) is 0.784. The van der Waals surface area contributed by atoms with Crippen LogP contribution in [0.3, 0.4) is 0 Å². The molecule has 1 heterocycles. The zero-order valence-electron chi connectivity index (χ0n) is 11.0. The summed E-state index contributed by atoms with van der Waals surface area (Å²) in [4.78, 5) is 0. The summed E-state index contributed by atoms with van der Waals surface area (Å²) in [5, 5.41) is 14.5. The molecule has 0 atom stereocenters. The smallest absolute Gasteiger partial charge is 0.145 e. The van der Waals surface area contributed by atoms with Gasteiger partial charge in [-0.1, -0.05) is 41.9 Å². The van der Waals surface area contributed by atoms with Gasteiger partial charge >= 0.3 is 0 Å². The van der Waals surface area contributed by atoms with Crippen LogP contribution in [0.4, 0.5) is 5.82 Å². The van der Waals surface area contributed by atoms with Gasteiger partial charge in [-0.2, -0.15) is 10.4 Å². The number of nitrogens with two attached hydrogens (primary N) is 1. The summed E-state index contributed by atoms with van der Waals surface area (Å²) in [6.45, 7) is 0. The Hall–Kier alpha value is -2.77. The van der Waals surface area contributed by atoms with Gasteiger partial charge in [0.15, 0.2) is 0 Å². The van der Waals surface area contributed by atoms with Gasteiger partial charge in [0.1, 0.15) is 23.1 Å². The van der Waals surface area contributed by atoms with E-state index in [9.17, 15) is 5.26 Å². The molecule has 0 fully saturated rings. The summed E-state index contributed by atoms with van der Waals surface area (Å²) in [5.74, 6) is 0.318. The van der Waals surface area contributed by atoms with E-state index < -0.39 is 0 Å². The van der Waals surface area contributed by atoms with Crippen LogP contribution >= 0.6 is 11.6 Å². The highest BCUT2D eigenvalue weighted by molar-refractivity contribution is 6.30. The molecule has 0 saturated heterocycles. The van der Waals surface area contributed by atoms with Crippen molar-refractivity contribution in [2.75, 3.05) is 5.73 Å². The highest BCUT2D eigenvalue weighted by Gasteiger charge is 2.17. The topological polar surface area (TPSA) is 67.6 Å². The number of nitriles is 1. The molecule has 0 amide bonds. The summed E-state index contributed by atoms with van der Waals surface area (Å²) >= 11 is 5.89. The molecule has 0 unspecified atom stereocenters. The maximum Gasteiger partial charge on any atom is 0.145 e. The van der Waals surface area contributed by atoms with Gasteiger partial charge in [-0.25, -0.2) is 4.68 Å². The van der Waals surface area contributed by atoms with Crippen molar-refractivity contribution >= 4 is 17.4 Å². The third-order valence-electron chi connectivity index (χ3n) is 3.15. The number of hydrogen-bond acceptors (Lipinski definition) is 3. The Balaban J connectivity index is 2.19. The summed E-state index contributed by atoms with van der Waals surface area (Å²) < 4.78 is 1.55. The van der Waals surface area contributed by atoms with Crippen molar-refractivity contribution in [3.05, 3.63) is 65.2 Å². The van der Waals surface area contributed by atoms with Crippen LogP contribution < -0.4 is 5.73 Å². The van der Waals surface area contributed by atoms with Crippen LogP contribution in [0.1, 0.15) is 5.56 Å². The normalized spacial score (nSPS) is 10.3. The number of nitrogens with zero attached hydrogens (tertiary/aromatic N) is 3. The largest absolute Gasteiger partial charge is 0.382 e. The molecule has 0 aliphatic rings. The lowest BCUT2D eigenvalue weighted by Gasteiger charge is -2.03. The summed E-state index contributed by atoms with van der Waals surface area (Å²) in [6.07, 6.45) is 0. The molecule has 3 rings (SSSR count). The lowest BCUT2D eigenvalue weighted by molar-refractivity contribution is 0.895. The summed E-state index contributed by atoms with van der Waals surface area (Å²) in [7, 11) is 0. The minimum absolute atomic E-state index is 0.318. The molecule has 1 aromatic heterocycles. The standard InChI is InChI=1S/C16H11ClN4/c17-12-6-8-13(9-7-12)21-16(19)14(10-18)15(20-21)11-4-2-1-3-5-11/h1-9H,19H2. The molecule has 0 aliphatic carbocycles. The van der Waals surface area contributed by atoms with E-state index in [4.69, 9.17) is 17.3 Å². The number of halogens is 1. The molecule has 21 heavy (non-hydrogen) atoms. The van der Waals surface area contributed by atoms with Gasteiger partial charge in [0.05, 0.1) is 5.69 Å². The molecule has 3 aromatic rings. The summed E-state index contributed by atoms with van der Waals surface area (Å²) in [5.41, 5.74) is 8.63. The highest BCUT2D eigenvalue weighted by atomic mass is 35.5. The van der Waals surface area contributed by atoms with Crippen molar-refractivity contribution in [2.45, 2.75) is 0 Å². The first-order valence-corrected chi connectivity index (χ1v) is 6.68. The fraction of sp³-hybridized carbons (Fsp3) is 0. The number of hydrogen-bond donors (Lipinski definition) is 1. The first kappa shape index (κ1) is 13.2. The zero-order chi connectivity index (χ0) is 14.8. The van der Waals surface area contributed by atoms with Crippen LogP contribution in [0, 0.1) is 11.3 Å². The Morgan fingerprint density at radius 1 is 1.05 bits per heavy atom. The molecule has 0 bridgehead atoms. The second-order valence-corrected chi connectivity index (χ2v) is 4.91. The maximum atomic E-state index is 9.36. The van der Waals surface area contributed by atoms with E-state index in [0.717, 1.165) is 11.3 Å². The third kappa shape index (κ3) is 2.35. The molecule has 2 aromatic carbocycles. The maximum absolute atomic E-state index is 9.36. The van der Waals surface area contributed by atoms with Crippen LogP contribution in [0.15, 0.2) is 54.6 Å². The van der Waals surface area contributed by atoms with Crippen LogP contribution in [0.5, 0.6) is 0 Å². The van der Waals surface area contributed by atoms with Gasteiger partial charge in [-0.3, -0.25) is 0 Å². The zero-order valence-corrected chi connectivity index (χ0v) is 11.7. The van der Waals surface area contributed by atoms with Gasteiger partial charge in [0.25, 0.3) is 0 Å². The molecule has 0 saturated carbocycles. The second-order valence-electron chi connectivity index (χ2n) is 4.47. The molecule has 0 radical (unpaired) electrons. The van der Waals surface area contributed by atoms with E-state index in [2.05, 4.69) is 11.2 Å². The Morgan fingerprint density at radius 2 is 1.71 bits per heavy atom. The van der Waals surface area contributed by atoms with Gasteiger partial charge in [-0.15, -0.1) is 0 Å². The first-order valence-electron chi connectivity index (χ1n) is 6.30. The van der Waals surface area contributed by atoms with Crippen LogP contribution in [0.2, 0.25) is 5.02 Å². The average molecular weight is 295 g/mol. The molecule has 102 valence electrons. The van der Waals surface area contributed by atoms with Gasteiger partial charge in [0.2, 0.25) is 0 Å². The molecule has 2 N–H and O–H groups in total. The van der Waals surface area contributed by atoms with E-state index in [-0.39, 0.29) is 0 Å². The lowest BCUT2D eigenvalue weighted by Crippen LogP contribution is -2.02. The molecule has 0 spiro atoms. The highest BCUT2D eigenvalue weighted by Crippen LogP contribution is 2.28. The van der Waals surface area contributed by atoms with E-state index in [1.165, 1.54) is 0 Å². The fourth-order valence-corrected chi connectivity index (χ4v) is 2.24. The van der Waals surface area contributed by atoms with Crippen LogP contribution in [-0.2, 0) is 0 Å². The van der Waals surface area contributed by atoms with E-state index in [0.29, 0.717) is 22.1 Å². The van der Waals surface area contributed by atoms with Crippen LogP contribution in [-0.4, -0.2) is 9.78 Å². The first-order chi connectivity index (χ1) is 10.2. The van der Waals surface area contributed by atoms with Crippen molar-refractivity contribution in [1.82, 2.24) is 9.78 Å². The van der Waals surface area contributed by atoms with Crippen LogP contribution in [0.25, 0.3) is 16.9 Å². The number of aromatic nitrogens is 2. The van der Waals surface area contributed by atoms with Crippen molar-refractivity contribution in [3.8, 4) is 23.0 Å². The molecule has 5 heteroatoms. The molecular weight excluding hydrogens is 284 g/mol. The second kappa shape index (κ2) is 5.31. The average Bonchev–Trinajstić information content (AvgIpc) is 2.86. The minimum atomic E-state index is 0.318. The summed E-state index contributed by atoms with van der Waals surface area (Å²) in [6, 6.07) is 18.8. The fourth-order valence-electron chi connectivity index (χ4n) is 2.12. The lowest BCUT2D eigenvalue weighted by atomic mass is 10.1. The van der Waals surface area contributed by atoms with Crippen molar-refractivity contribution < 1.29 is 0 Å². The monoisotopic (exact) mass is 294 g/mol. The Kier molecular flexibility index (Phi) is 3.35. The molecule has 0 aliphatic heterocycles. The number of anilines is 1. The SMILES string of the molecule is N#Cc1c(-c2ccccc2)nn(-c2ccc(Cl)cc2)c1N. The number of nitrogen functional groups attached to an aromatic ring is 1. The number of benzene rings is 2. The Bertz CT molecular complexity index is 814. The predicted molar refractivity (Wildman–Crippen MR) is 83.1 cm³/mol. The van der Waals surface area contributed by atoms with E-state index in [1.54, 1.807) is 16.8 Å². The van der Waals surface area contributed by atoms with Gasteiger partial charge in [0, 0.05) is 10.6 Å². The van der Waals surface area contributed by atoms with Gasteiger partial charge < -0.3 is 5.73 Å².